The third kappa shape index (κ3) is 4.11. The first kappa shape index (κ1) is 15.6. The Labute approximate surface area is 137 Å². The molecule has 0 aliphatic carbocycles. The highest BCUT2D eigenvalue weighted by molar-refractivity contribution is 5.80. The van der Waals surface area contributed by atoms with Crippen LogP contribution in [0.4, 0.5) is 5.69 Å². The van der Waals surface area contributed by atoms with Crippen molar-refractivity contribution in [2.24, 2.45) is 0 Å². The summed E-state index contributed by atoms with van der Waals surface area (Å²) in [6, 6.07) is 18.1. The highest BCUT2D eigenvalue weighted by Crippen LogP contribution is 2.14. The first-order chi connectivity index (χ1) is 11.2. The molecule has 1 heterocycles. The fourth-order valence-corrected chi connectivity index (χ4v) is 2.97. The number of para-hydroxylation sites is 1. The van der Waals surface area contributed by atoms with Crippen molar-refractivity contribution in [3.05, 3.63) is 65.7 Å². The van der Waals surface area contributed by atoms with Gasteiger partial charge in [-0.25, -0.2) is 0 Å². The molecule has 1 fully saturated rings. The minimum absolute atomic E-state index is 0.169. The normalized spacial score (nSPS) is 15.6. The quantitative estimate of drug-likeness (QED) is 0.881. The van der Waals surface area contributed by atoms with Crippen LogP contribution < -0.4 is 5.73 Å². The maximum Gasteiger partial charge on any atom is 0.227 e. The van der Waals surface area contributed by atoms with Crippen LogP contribution >= 0.6 is 0 Å². The summed E-state index contributed by atoms with van der Waals surface area (Å²) in [4.78, 5) is 16.8. The molecule has 23 heavy (non-hydrogen) atoms. The van der Waals surface area contributed by atoms with E-state index in [-0.39, 0.29) is 5.91 Å². The van der Waals surface area contributed by atoms with E-state index in [9.17, 15) is 4.79 Å². The molecule has 0 spiro atoms. The van der Waals surface area contributed by atoms with E-state index in [1.165, 1.54) is 5.56 Å². The van der Waals surface area contributed by atoms with Gasteiger partial charge in [0.15, 0.2) is 0 Å². The van der Waals surface area contributed by atoms with Crippen LogP contribution in [0.15, 0.2) is 54.6 Å². The molecule has 0 atom stereocenters. The van der Waals surface area contributed by atoms with E-state index >= 15 is 0 Å². The minimum atomic E-state index is 0.169. The Morgan fingerprint density at radius 2 is 1.57 bits per heavy atom. The van der Waals surface area contributed by atoms with Crippen molar-refractivity contribution in [2.75, 3.05) is 31.9 Å². The van der Waals surface area contributed by atoms with Gasteiger partial charge in [-0.15, -0.1) is 0 Å². The topological polar surface area (TPSA) is 49.6 Å². The highest BCUT2D eigenvalue weighted by Gasteiger charge is 2.21. The third-order valence-corrected chi connectivity index (χ3v) is 4.37. The fraction of sp³-hybridized carbons (Fsp3) is 0.316. The number of hydrogen-bond acceptors (Lipinski definition) is 3. The summed E-state index contributed by atoms with van der Waals surface area (Å²) in [7, 11) is 0. The highest BCUT2D eigenvalue weighted by atomic mass is 16.2. The largest absolute Gasteiger partial charge is 0.398 e. The van der Waals surface area contributed by atoms with Crippen LogP contribution in [0.1, 0.15) is 11.1 Å². The van der Waals surface area contributed by atoms with Crippen molar-refractivity contribution >= 4 is 11.6 Å². The predicted octanol–water partition coefficient (Wildman–Crippen LogP) is 2.16. The molecule has 2 N–H and O–H groups in total. The lowest BCUT2D eigenvalue weighted by Crippen LogP contribution is -2.48. The van der Waals surface area contributed by atoms with Gasteiger partial charge in [-0.1, -0.05) is 48.5 Å². The van der Waals surface area contributed by atoms with Crippen LogP contribution in [0, 0.1) is 0 Å². The number of nitrogens with two attached hydrogens (primary N) is 1. The molecule has 3 rings (SSSR count). The lowest BCUT2D eigenvalue weighted by Gasteiger charge is -2.35. The SMILES string of the molecule is Nc1ccccc1CC(=O)N1CCN(Cc2ccccc2)CC1. The van der Waals surface area contributed by atoms with Crippen molar-refractivity contribution in [3.63, 3.8) is 0 Å². The molecule has 2 aromatic rings. The Hall–Kier alpha value is -2.33. The molecule has 1 saturated heterocycles. The summed E-state index contributed by atoms with van der Waals surface area (Å²) < 4.78 is 0. The number of carbonyl (C=O) groups is 1. The molecular weight excluding hydrogens is 286 g/mol. The standard InChI is InChI=1S/C19H23N3O/c20-18-9-5-4-8-17(18)14-19(23)22-12-10-21(11-13-22)15-16-6-2-1-3-7-16/h1-9H,10-15,20H2. The van der Waals surface area contributed by atoms with E-state index in [0.717, 1.165) is 38.3 Å². The molecule has 0 radical (unpaired) electrons. The Morgan fingerprint density at radius 3 is 2.26 bits per heavy atom. The molecule has 0 unspecified atom stereocenters. The maximum atomic E-state index is 12.4. The first-order valence-electron chi connectivity index (χ1n) is 8.10. The zero-order valence-corrected chi connectivity index (χ0v) is 13.3. The molecule has 1 amide bonds. The van der Waals surface area contributed by atoms with Gasteiger partial charge in [0.2, 0.25) is 5.91 Å². The lowest BCUT2D eigenvalue weighted by molar-refractivity contribution is -0.132. The van der Waals surface area contributed by atoms with Crippen LogP contribution in [0.25, 0.3) is 0 Å². The fourth-order valence-electron chi connectivity index (χ4n) is 2.97. The molecule has 0 saturated carbocycles. The zero-order valence-electron chi connectivity index (χ0n) is 13.3. The smallest absolute Gasteiger partial charge is 0.227 e. The molecule has 1 aliphatic rings. The van der Waals surface area contributed by atoms with Gasteiger partial charge < -0.3 is 10.6 Å². The second-order valence-corrected chi connectivity index (χ2v) is 6.02. The zero-order chi connectivity index (χ0) is 16.1. The average Bonchev–Trinajstić information content (AvgIpc) is 2.58. The molecule has 120 valence electrons. The molecule has 0 bridgehead atoms. The Balaban J connectivity index is 1.50. The van der Waals surface area contributed by atoms with E-state index in [2.05, 4.69) is 29.2 Å². The average molecular weight is 309 g/mol. The number of nitrogens with zero attached hydrogens (tertiary/aromatic N) is 2. The maximum absolute atomic E-state index is 12.4. The van der Waals surface area contributed by atoms with Crippen molar-refractivity contribution in [3.8, 4) is 0 Å². The van der Waals surface area contributed by atoms with Crippen LogP contribution in [-0.4, -0.2) is 41.9 Å². The molecule has 1 aliphatic heterocycles. The Bertz CT molecular complexity index is 649. The number of piperazine rings is 1. The number of anilines is 1. The molecule has 4 nitrogen and oxygen atoms in total. The summed E-state index contributed by atoms with van der Waals surface area (Å²) in [6.07, 6.45) is 0.394. The number of amides is 1. The van der Waals surface area contributed by atoms with Crippen molar-refractivity contribution in [1.82, 2.24) is 9.80 Å². The number of rotatable bonds is 4. The molecule has 2 aromatic carbocycles. The van der Waals surface area contributed by atoms with E-state index in [1.807, 2.05) is 35.2 Å². The van der Waals surface area contributed by atoms with Gasteiger partial charge >= 0.3 is 0 Å². The van der Waals surface area contributed by atoms with Gasteiger partial charge in [-0.05, 0) is 17.2 Å². The van der Waals surface area contributed by atoms with E-state index in [4.69, 9.17) is 5.73 Å². The van der Waals surface area contributed by atoms with Gasteiger partial charge in [-0.3, -0.25) is 9.69 Å². The monoisotopic (exact) mass is 309 g/mol. The Kier molecular flexibility index (Phi) is 4.93. The van der Waals surface area contributed by atoms with Crippen molar-refractivity contribution in [1.29, 1.82) is 0 Å². The van der Waals surface area contributed by atoms with Crippen LogP contribution in [0.2, 0.25) is 0 Å². The minimum Gasteiger partial charge on any atom is -0.398 e. The number of nitrogen functional groups attached to an aromatic ring is 1. The lowest BCUT2D eigenvalue weighted by atomic mass is 10.1. The van der Waals surface area contributed by atoms with Gasteiger partial charge in [0.1, 0.15) is 0 Å². The van der Waals surface area contributed by atoms with Gasteiger partial charge in [0.25, 0.3) is 0 Å². The summed E-state index contributed by atoms with van der Waals surface area (Å²) in [5, 5.41) is 0. The van der Waals surface area contributed by atoms with Crippen molar-refractivity contribution < 1.29 is 4.79 Å². The van der Waals surface area contributed by atoms with E-state index in [1.54, 1.807) is 0 Å². The van der Waals surface area contributed by atoms with Crippen LogP contribution in [0.3, 0.4) is 0 Å². The predicted molar refractivity (Wildman–Crippen MR) is 92.9 cm³/mol. The van der Waals surface area contributed by atoms with Crippen molar-refractivity contribution in [2.45, 2.75) is 13.0 Å². The van der Waals surface area contributed by atoms with Crippen LogP contribution in [-0.2, 0) is 17.8 Å². The van der Waals surface area contributed by atoms with Gasteiger partial charge in [0.05, 0.1) is 6.42 Å². The van der Waals surface area contributed by atoms with Gasteiger partial charge in [0, 0.05) is 38.4 Å². The summed E-state index contributed by atoms with van der Waals surface area (Å²) in [6.45, 7) is 4.38. The molecule has 4 heteroatoms. The second kappa shape index (κ2) is 7.29. The van der Waals surface area contributed by atoms with Crippen LogP contribution in [0.5, 0.6) is 0 Å². The Morgan fingerprint density at radius 1 is 0.913 bits per heavy atom. The summed E-state index contributed by atoms with van der Waals surface area (Å²) in [5.41, 5.74) is 8.87. The van der Waals surface area contributed by atoms with E-state index in [0.29, 0.717) is 12.1 Å². The first-order valence-corrected chi connectivity index (χ1v) is 8.10. The second-order valence-electron chi connectivity index (χ2n) is 6.02. The number of hydrogen-bond donors (Lipinski definition) is 1. The molecule has 0 aromatic heterocycles. The number of benzene rings is 2. The van der Waals surface area contributed by atoms with E-state index < -0.39 is 0 Å². The van der Waals surface area contributed by atoms with Gasteiger partial charge in [-0.2, -0.15) is 0 Å². The summed E-state index contributed by atoms with van der Waals surface area (Å²) >= 11 is 0. The third-order valence-electron chi connectivity index (χ3n) is 4.37. The molecular formula is C19H23N3O. The summed E-state index contributed by atoms with van der Waals surface area (Å²) in [5.74, 6) is 0.169. The number of carbonyl (C=O) groups excluding carboxylic acids is 1.